The van der Waals surface area contributed by atoms with Crippen molar-refractivity contribution in [3.63, 3.8) is 0 Å². The molecule has 0 aliphatic carbocycles. The van der Waals surface area contributed by atoms with E-state index < -0.39 is 0 Å². The van der Waals surface area contributed by atoms with Gasteiger partial charge < -0.3 is 9.64 Å². The monoisotopic (exact) mass is 297 g/mol. The zero-order chi connectivity index (χ0) is 14.7. The lowest BCUT2D eigenvalue weighted by molar-refractivity contribution is 0.227. The molecule has 1 aromatic heterocycles. The van der Waals surface area contributed by atoms with E-state index in [0.717, 1.165) is 17.8 Å². The van der Waals surface area contributed by atoms with E-state index in [9.17, 15) is 0 Å². The van der Waals surface area contributed by atoms with Gasteiger partial charge in [0.05, 0.1) is 6.61 Å². The van der Waals surface area contributed by atoms with Gasteiger partial charge in [0.25, 0.3) is 0 Å². The summed E-state index contributed by atoms with van der Waals surface area (Å²) in [4.78, 5) is 11.2. The van der Waals surface area contributed by atoms with Crippen LogP contribution in [0.2, 0.25) is 5.15 Å². The molecule has 0 bridgehead atoms. The topological polar surface area (TPSA) is 38.3 Å². The molecule has 5 heteroatoms. The van der Waals surface area contributed by atoms with Crippen molar-refractivity contribution in [1.82, 2.24) is 14.9 Å². The van der Waals surface area contributed by atoms with Crippen molar-refractivity contribution < 1.29 is 4.74 Å². The summed E-state index contributed by atoms with van der Waals surface area (Å²) in [5, 5.41) is 0.497. The van der Waals surface area contributed by atoms with Crippen LogP contribution in [0.4, 0.5) is 0 Å². The summed E-state index contributed by atoms with van der Waals surface area (Å²) >= 11 is 6.15. The normalized spacial score (nSPS) is 19.8. The zero-order valence-corrected chi connectivity index (χ0v) is 13.6. The van der Waals surface area contributed by atoms with Gasteiger partial charge in [-0.3, -0.25) is 0 Å². The molecule has 0 N–H and O–H groups in total. The summed E-state index contributed by atoms with van der Waals surface area (Å²) in [6.45, 7) is 7.89. The first kappa shape index (κ1) is 15.5. The Bertz CT molecular complexity index is 465. The fraction of sp³-hybridized carbons (Fsp3) is 0.733. The Labute approximate surface area is 126 Å². The van der Waals surface area contributed by atoms with Crippen molar-refractivity contribution in [1.29, 1.82) is 0 Å². The molecular formula is C15H24ClN3O. The Balaban J connectivity index is 1.98. The van der Waals surface area contributed by atoms with Gasteiger partial charge in [0.2, 0.25) is 5.88 Å². The third kappa shape index (κ3) is 3.61. The smallest absolute Gasteiger partial charge is 0.221 e. The van der Waals surface area contributed by atoms with Gasteiger partial charge in [-0.25, -0.2) is 4.98 Å². The number of nitrogens with zero attached hydrogens (tertiary/aromatic N) is 3. The lowest BCUT2D eigenvalue weighted by atomic mass is 10.1. The van der Waals surface area contributed by atoms with Crippen LogP contribution in [-0.2, 0) is 0 Å². The average molecular weight is 298 g/mol. The molecule has 1 atom stereocenters. The van der Waals surface area contributed by atoms with Crippen molar-refractivity contribution in [2.45, 2.75) is 52.0 Å². The largest absolute Gasteiger partial charge is 0.477 e. The van der Waals surface area contributed by atoms with Crippen LogP contribution >= 0.6 is 11.6 Å². The molecule has 2 heterocycles. The second kappa shape index (κ2) is 6.72. The van der Waals surface area contributed by atoms with Gasteiger partial charge in [-0.05, 0) is 39.8 Å². The summed E-state index contributed by atoms with van der Waals surface area (Å²) < 4.78 is 5.86. The Hall–Kier alpha value is -0.870. The third-order valence-corrected chi connectivity index (χ3v) is 4.30. The molecule has 1 unspecified atom stereocenters. The summed E-state index contributed by atoms with van der Waals surface area (Å²) in [7, 11) is 2.18. The summed E-state index contributed by atoms with van der Waals surface area (Å²) in [6.07, 6.45) is 3.59. The van der Waals surface area contributed by atoms with Gasteiger partial charge in [0, 0.05) is 17.5 Å². The standard InChI is InChI=1S/C15H24ClN3O/c1-10(2)14-17-13(16)11(3)15(18-14)20-9-7-12-6-5-8-19(12)4/h10,12H,5-9H2,1-4H3. The van der Waals surface area contributed by atoms with Crippen molar-refractivity contribution in [2.75, 3.05) is 20.2 Å². The number of aromatic nitrogens is 2. The molecule has 1 fully saturated rings. The Kier molecular flexibility index (Phi) is 5.22. The number of ether oxygens (including phenoxy) is 1. The molecule has 1 aliphatic rings. The second-order valence-electron chi connectivity index (χ2n) is 5.87. The molecule has 0 aromatic carbocycles. The minimum atomic E-state index is 0.247. The van der Waals surface area contributed by atoms with Crippen LogP contribution in [0.5, 0.6) is 5.88 Å². The molecule has 0 spiro atoms. The fourth-order valence-corrected chi connectivity index (χ4v) is 2.69. The first-order chi connectivity index (χ1) is 9.49. The molecule has 20 heavy (non-hydrogen) atoms. The highest BCUT2D eigenvalue weighted by Gasteiger charge is 2.21. The summed E-state index contributed by atoms with van der Waals surface area (Å²) in [5.41, 5.74) is 0.829. The Morgan fingerprint density at radius 1 is 1.40 bits per heavy atom. The highest BCUT2D eigenvalue weighted by molar-refractivity contribution is 6.30. The average Bonchev–Trinajstić information content (AvgIpc) is 2.80. The summed E-state index contributed by atoms with van der Waals surface area (Å²) in [6, 6.07) is 0.636. The number of halogens is 1. The Morgan fingerprint density at radius 3 is 2.75 bits per heavy atom. The maximum absolute atomic E-state index is 6.15. The number of hydrogen-bond donors (Lipinski definition) is 0. The van der Waals surface area contributed by atoms with Crippen molar-refractivity contribution in [2.24, 2.45) is 0 Å². The SMILES string of the molecule is Cc1c(Cl)nc(C(C)C)nc1OCCC1CCCN1C. The van der Waals surface area contributed by atoms with E-state index in [1.807, 2.05) is 6.92 Å². The quantitative estimate of drug-likeness (QED) is 0.781. The maximum atomic E-state index is 6.15. The van der Waals surface area contributed by atoms with Gasteiger partial charge in [-0.15, -0.1) is 0 Å². The number of hydrogen-bond acceptors (Lipinski definition) is 4. The van der Waals surface area contributed by atoms with Crippen molar-refractivity contribution in [3.8, 4) is 5.88 Å². The minimum absolute atomic E-state index is 0.247. The highest BCUT2D eigenvalue weighted by Crippen LogP contribution is 2.25. The summed E-state index contributed by atoms with van der Waals surface area (Å²) in [5.74, 6) is 1.62. The second-order valence-corrected chi connectivity index (χ2v) is 6.23. The van der Waals surface area contributed by atoms with E-state index in [1.54, 1.807) is 0 Å². The molecule has 0 radical (unpaired) electrons. The van der Waals surface area contributed by atoms with Crippen LogP contribution in [0, 0.1) is 6.92 Å². The number of likely N-dealkylation sites (tertiary alicyclic amines) is 1. The van der Waals surface area contributed by atoms with E-state index >= 15 is 0 Å². The third-order valence-electron chi connectivity index (χ3n) is 3.94. The van der Waals surface area contributed by atoms with Gasteiger partial charge in [0.1, 0.15) is 11.0 Å². The van der Waals surface area contributed by atoms with Gasteiger partial charge in [0.15, 0.2) is 0 Å². The van der Waals surface area contributed by atoms with E-state index in [0.29, 0.717) is 23.7 Å². The minimum Gasteiger partial charge on any atom is -0.477 e. The van der Waals surface area contributed by atoms with Gasteiger partial charge in [-0.1, -0.05) is 25.4 Å². The van der Waals surface area contributed by atoms with E-state index in [2.05, 4.69) is 35.8 Å². The first-order valence-electron chi connectivity index (χ1n) is 7.36. The van der Waals surface area contributed by atoms with Gasteiger partial charge >= 0.3 is 0 Å². The lowest BCUT2D eigenvalue weighted by Crippen LogP contribution is -2.26. The predicted molar refractivity (Wildman–Crippen MR) is 81.6 cm³/mol. The molecule has 4 nitrogen and oxygen atoms in total. The van der Waals surface area contributed by atoms with Crippen LogP contribution in [0.1, 0.15) is 50.4 Å². The fourth-order valence-electron chi connectivity index (χ4n) is 2.52. The molecule has 1 saturated heterocycles. The molecule has 2 rings (SSSR count). The van der Waals surface area contributed by atoms with E-state index in [-0.39, 0.29) is 5.92 Å². The van der Waals surface area contributed by atoms with Crippen LogP contribution < -0.4 is 4.74 Å². The van der Waals surface area contributed by atoms with E-state index in [1.165, 1.54) is 19.4 Å². The molecule has 0 amide bonds. The Morgan fingerprint density at radius 2 is 2.15 bits per heavy atom. The van der Waals surface area contributed by atoms with Crippen molar-refractivity contribution >= 4 is 11.6 Å². The zero-order valence-electron chi connectivity index (χ0n) is 12.8. The number of rotatable bonds is 5. The highest BCUT2D eigenvalue weighted by atomic mass is 35.5. The maximum Gasteiger partial charge on any atom is 0.221 e. The molecular weight excluding hydrogens is 274 g/mol. The van der Waals surface area contributed by atoms with Gasteiger partial charge in [-0.2, -0.15) is 4.98 Å². The predicted octanol–water partition coefficient (Wildman–Crippen LogP) is 3.42. The van der Waals surface area contributed by atoms with Crippen LogP contribution in [0.3, 0.4) is 0 Å². The van der Waals surface area contributed by atoms with Crippen LogP contribution in [0.15, 0.2) is 0 Å². The molecule has 112 valence electrons. The van der Waals surface area contributed by atoms with Crippen LogP contribution in [-0.4, -0.2) is 41.1 Å². The van der Waals surface area contributed by atoms with Crippen LogP contribution in [0.25, 0.3) is 0 Å². The first-order valence-corrected chi connectivity index (χ1v) is 7.74. The van der Waals surface area contributed by atoms with E-state index in [4.69, 9.17) is 16.3 Å². The molecule has 1 aliphatic heterocycles. The van der Waals surface area contributed by atoms with Crippen molar-refractivity contribution in [3.05, 3.63) is 16.5 Å². The molecule has 1 aromatic rings. The lowest BCUT2D eigenvalue weighted by Gasteiger charge is -2.19. The molecule has 0 saturated carbocycles.